The summed E-state index contributed by atoms with van der Waals surface area (Å²) < 4.78 is 19.5. The average Bonchev–Trinajstić information content (AvgIpc) is 3.25. The number of benzene rings is 2. The third-order valence-electron chi connectivity index (χ3n) is 6.51. The van der Waals surface area contributed by atoms with E-state index in [1.807, 2.05) is 37.4 Å². The molecule has 2 aliphatic heterocycles. The van der Waals surface area contributed by atoms with E-state index in [4.69, 9.17) is 9.84 Å². The number of ether oxygens (including phenoxy) is 1. The molecule has 7 heteroatoms. The number of carbonyl (C=O) groups excluding carboxylic acids is 1. The van der Waals surface area contributed by atoms with Gasteiger partial charge in [0, 0.05) is 18.0 Å². The highest BCUT2D eigenvalue weighted by atomic mass is 19.1. The van der Waals surface area contributed by atoms with Gasteiger partial charge < -0.3 is 9.64 Å². The molecule has 0 bridgehead atoms. The van der Waals surface area contributed by atoms with Crippen molar-refractivity contribution in [3.63, 3.8) is 0 Å². The molecule has 6 nitrogen and oxygen atoms in total. The molecular formula is C25H31FN4O2. The fourth-order valence-electron chi connectivity index (χ4n) is 4.61. The number of piperidine rings is 1. The van der Waals surface area contributed by atoms with Crippen LogP contribution in [0, 0.1) is 5.82 Å². The van der Waals surface area contributed by atoms with E-state index in [1.165, 1.54) is 12.1 Å². The second kappa shape index (κ2) is 9.79. The number of halogens is 1. The summed E-state index contributed by atoms with van der Waals surface area (Å²) in [6.45, 7) is 2.35. The summed E-state index contributed by atoms with van der Waals surface area (Å²) in [5.74, 6) is 0.316. The van der Waals surface area contributed by atoms with Crippen molar-refractivity contribution >= 4 is 11.6 Å². The molecular weight excluding hydrogens is 407 g/mol. The molecule has 0 aromatic heterocycles. The van der Waals surface area contributed by atoms with Crippen molar-refractivity contribution < 1.29 is 13.9 Å². The molecule has 1 unspecified atom stereocenters. The predicted molar refractivity (Wildman–Crippen MR) is 123 cm³/mol. The van der Waals surface area contributed by atoms with E-state index >= 15 is 0 Å². The van der Waals surface area contributed by atoms with Gasteiger partial charge in [-0.05, 0) is 69.9 Å². The molecule has 2 heterocycles. The first kappa shape index (κ1) is 22.4. The fourth-order valence-corrected chi connectivity index (χ4v) is 4.61. The Morgan fingerprint density at radius 1 is 1.19 bits per heavy atom. The van der Waals surface area contributed by atoms with Gasteiger partial charge in [0.15, 0.2) is 0 Å². The Kier molecular flexibility index (Phi) is 6.86. The third-order valence-corrected chi connectivity index (χ3v) is 6.51. The molecule has 32 heavy (non-hydrogen) atoms. The number of para-hydroxylation sites is 1. The van der Waals surface area contributed by atoms with Crippen LogP contribution < -0.4 is 4.74 Å². The van der Waals surface area contributed by atoms with Crippen LogP contribution in [-0.4, -0.2) is 73.3 Å². The molecule has 1 atom stereocenters. The summed E-state index contributed by atoms with van der Waals surface area (Å²) in [7, 11) is 5.76. The zero-order valence-corrected chi connectivity index (χ0v) is 19.0. The SMILES string of the molecule is COc1ccccc1C1=NN(C(=O)CN(C)C2CCN(C)CC2)C(c2cccc(F)c2)C1. The molecule has 0 radical (unpaired) electrons. The third kappa shape index (κ3) is 4.84. The predicted octanol–water partition coefficient (Wildman–Crippen LogP) is 3.54. The molecule has 2 aromatic carbocycles. The Balaban J connectivity index is 1.59. The maximum Gasteiger partial charge on any atom is 0.257 e. The summed E-state index contributed by atoms with van der Waals surface area (Å²) >= 11 is 0. The van der Waals surface area contributed by atoms with Crippen molar-refractivity contribution in [2.24, 2.45) is 5.10 Å². The van der Waals surface area contributed by atoms with Crippen LogP contribution in [0.3, 0.4) is 0 Å². The first-order chi connectivity index (χ1) is 15.5. The van der Waals surface area contributed by atoms with Crippen molar-refractivity contribution in [3.05, 3.63) is 65.5 Å². The molecule has 1 fully saturated rings. The van der Waals surface area contributed by atoms with Gasteiger partial charge in [0.25, 0.3) is 5.91 Å². The van der Waals surface area contributed by atoms with Crippen molar-refractivity contribution in [2.45, 2.75) is 31.3 Å². The molecule has 170 valence electrons. The highest BCUT2D eigenvalue weighted by Crippen LogP contribution is 2.35. The van der Waals surface area contributed by atoms with E-state index in [1.54, 1.807) is 18.2 Å². The van der Waals surface area contributed by atoms with Crippen LogP contribution in [0.25, 0.3) is 0 Å². The van der Waals surface area contributed by atoms with E-state index < -0.39 is 0 Å². The van der Waals surface area contributed by atoms with Crippen molar-refractivity contribution in [1.29, 1.82) is 0 Å². The molecule has 1 saturated heterocycles. The van der Waals surface area contributed by atoms with Gasteiger partial charge in [-0.3, -0.25) is 9.69 Å². The highest BCUT2D eigenvalue weighted by molar-refractivity contribution is 6.05. The first-order valence-corrected chi connectivity index (χ1v) is 11.1. The number of nitrogens with zero attached hydrogens (tertiary/aromatic N) is 4. The largest absolute Gasteiger partial charge is 0.496 e. The van der Waals surface area contributed by atoms with Crippen LogP contribution >= 0.6 is 0 Å². The van der Waals surface area contributed by atoms with Crippen LogP contribution in [0.15, 0.2) is 53.6 Å². The minimum Gasteiger partial charge on any atom is -0.496 e. The van der Waals surface area contributed by atoms with Crippen molar-refractivity contribution in [1.82, 2.24) is 14.8 Å². The maximum atomic E-state index is 14.0. The average molecular weight is 439 g/mol. The van der Waals surface area contributed by atoms with Crippen LogP contribution in [0.4, 0.5) is 4.39 Å². The number of hydrogen-bond acceptors (Lipinski definition) is 5. The Labute approximate surface area is 189 Å². The lowest BCUT2D eigenvalue weighted by molar-refractivity contribution is -0.134. The van der Waals surface area contributed by atoms with E-state index in [0.29, 0.717) is 18.2 Å². The second-order valence-electron chi connectivity index (χ2n) is 8.71. The summed E-state index contributed by atoms with van der Waals surface area (Å²) in [5.41, 5.74) is 2.37. The minimum atomic E-state index is -0.344. The number of rotatable bonds is 6. The quantitative estimate of drug-likeness (QED) is 0.692. The number of methoxy groups -OCH3 is 1. The van der Waals surface area contributed by atoms with Gasteiger partial charge >= 0.3 is 0 Å². The zero-order chi connectivity index (χ0) is 22.7. The number of amides is 1. The summed E-state index contributed by atoms with van der Waals surface area (Å²) in [5, 5.41) is 6.27. The zero-order valence-electron chi connectivity index (χ0n) is 19.0. The number of hydrogen-bond donors (Lipinski definition) is 0. The van der Waals surface area contributed by atoms with Crippen LogP contribution in [0.5, 0.6) is 5.75 Å². The van der Waals surface area contributed by atoms with Gasteiger partial charge in [0.1, 0.15) is 11.6 Å². The van der Waals surface area contributed by atoms with E-state index in [2.05, 4.69) is 16.8 Å². The van der Waals surface area contributed by atoms with Gasteiger partial charge in [0.05, 0.1) is 25.4 Å². The normalized spacial score (nSPS) is 20.0. The van der Waals surface area contributed by atoms with Gasteiger partial charge in [-0.25, -0.2) is 9.40 Å². The summed E-state index contributed by atoms with van der Waals surface area (Å²) in [4.78, 5) is 17.9. The monoisotopic (exact) mass is 438 g/mol. The summed E-state index contributed by atoms with van der Waals surface area (Å²) in [6, 6.07) is 14.1. The Morgan fingerprint density at radius 2 is 1.94 bits per heavy atom. The van der Waals surface area contributed by atoms with Crippen LogP contribution in [-0.2, 0) is 4.79 Å². The number of likely N-dealkylation sites (N-methyl/N-ethyl adjacent to an activating group) is 1. The van der Waals surface area contributed by atoms with Gasteiger partial charge in [-0.15, -0.1) is 0 Å². The smallest absolute Gasteiger partial charge is 0.257 e. The van der Waals surface area contributed by atoms with E-state index in [9.17, 15) is 9.18 Å². The Hall–Kier alpha value is -2.77. The molecule has 4 rings (SSSR count). The molecule has 0 saturated carbocycles. The standard InChI is InChI=1S/C25H31FN4O2/c1-28-13-11-20(12-14-28)29(2)17-25(31)30-23(18-7-6-8-19(26)15-18)16-22(27-30)21-9-4-5-10-24(21)32-3/h4-10,15,20,23H,11-14,16-17H2,1-3H3. The molecule has 2 aliphatic rings. The number of hydrazone groups is 1. The lowest BCUT2D eigenvalue weighted by Crippen LogP contribution is -2.45. The number of likely N-dealkylation sites (tertiary alicyclic amines) is 1. The fraction of sp³-hybridized carbons (Fsp3) is 0.440. The Bertz CT molecular complexity index is 987. The number of carbonyl (C=O) groups is 1. The van der Waals surface area contributed by atoms with Crippen molar-refractivity contribution in [3.8, 4) is 5.75 Å². The molecule has 0 spiro atoms. The lowest BCUT2D eigenvalue weighted by Gasteiger charge is -2.35. The Morgan fingerprint density at radius 3 is 2.66 bits per heavy atom. The van der Waals surface area contributed by atoms with Crippen LogP contribution in [0.1, 0.15) is 36.4 Å². The lowest BCUT2D eigenvalue weighted by atomic mass is 9.97. The minimum absolute atomic E-state index is 0.0782. The van der Waals surface area contributed by atoms with Crippen LogP contribution in [0.2, 0.25) is 0 Å². The molecule has 0 N–H and O–H groups in total. The van der Waals surface area contributed by atoms with Gasteiger partial charge in [-0.1, -0.05) is 24.3 Å². The van der Waals surface area contributed by atoms with Crippen molar-refractivity contribution in [2.75, 3.05) is 40.8 Å². The molecule has 0 aliphatic carbocycles. The van der Waals surface area contributed by atoms with Gasteiger partial charge in [-0.2, -0.15) is 5.10 Å². The molecule has 2 aromatic rings. The maximum absolute atomic E-state index is 14.0. The highest BCUT2D eigenvalue weighted by Gasteiger charge is 2.35. The second-order valence-corrected chi connectivity index (χ2v) is 8.71. The topological polar surface area (TPSA) is 48.4 Å². The first-order valence-electron chi connectivity index (χ1n) is 11.1. The molecule has 1 amide bonds. The van der Waals surface area contributed by atoms with E-state index in [0.717, 1.165) is 42.8 Å². The van der Waals surface area contributed by atoms with Gasteiger partial charge in [0.2, 0.25) is 0 Å². The van der Waals surface area contributed by atoms with E-state index in [-0.39, 0.29) is 24.3 Å². The summed E-state index contributed by atoms with van der Waals surface area (Å²) in [6.07, 6.45) is 2.60.